The summed E-state index contributed by atoms with van der Waals surface area (Å²) in [4.78, 5) is 11.8. The molecule has 2 rings (SSSR count). The van der Waals surface area contributed by atoms with E-state index in [-0.39, 0.29) is 5.91 Å². The summed E-state index contributed by atoms with van der Waals surface area (Å²) in [6, 6.07) is 15.8. The van der Waals surface area contributed by atoms with Crippen LogP contribution >= 0.6 is 11.6 Å². The van der Waals surface area contributed by atoms with Gasteiger partial charge >= 0.3 is 0 Å². The van der Waals surface area contributed by atoms with E-state index in [1.807, 2.05) is 43.3 Å². The normalized spacial score (nSPS) is 10.4. The maximum absolute atomic E-state index is 11.8. The molecule has 0 aliphatic rings. The van der Waals surface area contributed by atoms with Gasteiger partial charge in [0.1, 0.15) is 5.75 Å². The Labute approximate surface area is 149 Å². The van der Waals surface area contributed by atoms with Gasteiger partial charge < -0.3 is 10.1 Å². The number of amides is 1. The van der Waals surface area contributed by atoms with Gasteiger partial charge in [0, 0.05) is 18.0 Å². The van der Waals surface area contributed by atoms with E-state index in [0.29, 0.717) is 31.0 Å². The smallest absolute Gasteiger partial charge is 0.220 e. The summed E-state index contributed by atoms with van der Waals surface area (Å²) in [6.45, 7) is 3.20. The largest absolute Gasteiger partial charge is 0.493 e. The van der Waals surface area contributed by atoms with Crippen molar-refractivity contribution in [3.8, 4) is 5.75 Å². The molecule has 128 valence electrons. The Morgan fingerprint density at radius 3 is 2.67 bits per heavy atom. The third-order valence-corrected chi connectivity index (χ3v) is 3.99. The number of halogens is 1. The van der Waals surface area contributed by atoms with Gasteiger partial charge in [-0.05, 0) is 55.5 Å². The van der Waals surface area contributed by atoms with Gasteiger partial charge in [-0.25, -0.2) is 0 Å². The maximum Gasteiger partial charge on any atom is 0.220 e. The summed E-state index contributed by atoms with van der Waals surface area (Å²) in [7, 11) is 0. The summed E-state index contributed by atoms with van der Waals surface area (Å²) in [6.07, 6.45) is 3.13. The Hall–Kier alpha value is -2.00. The fraction of sp³-hybridized carbons (Fsp3) is 0.350. The number of aryl methyl sites for hydroxylation is 2. The molecular formula is C20H24ClNO2. The predicted molar refractivity (Wildman–Crippen MR) is 98.7 cm³/mol. The minimum atomic E-state index is 0.0829. The predicted octanol–water partition coefficient (Wildman–Crippen LogP) is 4.56. The van der Waals surface area contributed by atoms with Crippen LogP contribution < -0.4 is 10.1 Å². The van der Waals surface area contributed by atoms with E-state index in [0.717, 1.165) is 24.2 Å². The number of hydrogen-bond acceptors (Lipinski definition) is 2. The van der Waals surface area contributed by atoms with Crippen molar-refractivity contribution in [2.45, 2.75) is 32.6 Å². The number of rotatable bonds is 9. The van der Waals surface area contributed by atoms with Gasteiger partial charge in [-0.15, -0.1) is 0 Å². The molecule has 0 fully saturated rings. The summed E-state index contributed by atoms with van der Waals surface area (Å²) in [5, 5.41) is 3.66. The van der Waals surface area contributed by atoms with Crippen LogP contribution in [0.4, 0.5) is 0 Å². The van der Waals surface area contributed by atoms with Crippen LogP contribution in [0.3, 0.4) is 0 Å². The van der Waals surface area contributed by atoms with E-state index in [2.05, 4.69) is 17.4 Å². The van der Waals surface area contributed by atoms with E-state index >= 15 is 0 Å². The SMILES string of the molecule is Cc1cc(Cl)ccc1OCCCC(=O)NCCCc1ccccc1. The minimum Gasteiger partial charge on any atom is -0.493 e. The van der Waals surface area contributed by atoms with E-state index in [4.69, 9.17) is 16.3 Å². The highest BCUT2D eigenvalue weighted by molar-refractivity contribution is 6.30. The van der Waals surface area contributed by atoms with Gasteiger partial charge in [-0.3, -0.25) is 4.79 Å². The van der Waals surface area contributed by atoms with Gasteiger partial charge in [0.05, 0.1) is 6.61 Å². The van der Waals surface area contributed by atoms with Crippen molar-refractivity contribution in [1.82, 2.24) is 5.32 Å². The van der Waals surface area contributed by atoms with Crippen LogP contribution in [0.15, 0.2) is 48.5 Å². The molecule has 0 saturated carbocycles. The van der Waals surface area contributed by atoms with E-state index in [1.54, 1.807) is 0 Å². The molecule has 4 heteroatoms. The van der Waals surface area contributed by atoms with Gasteiger partial charge in [-0.1, -0.05) is 41.9 Å². The number of carbonyl (C=O) groups excluding carboxylic acids is 1. The molecule has 0 heterocycles. The number of ether oxygens (including phenoxy) is 1. The highest BCUT2D eigenvalue weighted by atomic mass is 35.5. The fourth-order valence-corrected chi connectivity index (χ4v) is 2.67. The average Bonchev–Trinajstić information content (AvgIpc) is 2.58. The van der Waals surface area contributed by atoms with Crippen LogP contribution in [0.5, 0.6) is 5.75 Å². The molecule has 0 atom stereocenters. The Morgan fingerprint density at radius 2 is 1.92 bits per heavy atom. The molecule has 0 unspecified atom stereocenters. The average molecular weight is 346 g/mol. The van der Waals surface area contributed by atoms with Crippen molar-refractivity contribution < 1.29 is 9.53 Å². The van der Waals surface area contributed by atoms with Gasteiger partial charge in [-0.2, -0.15) is 0 Å². The van der Waals surface area contributed by atoms with Crippen molar-refractivity contribution in [2.24, 2.45) is 0 Å². The minimum absolute atomic E-state index is 0.0829. The summed E-state index contributed by atoms with van der Waals surface area (Å²) in [5.41, 5.74) is 2.31. The fourth-order valence-electron chi connectivity index (χ4n) is 2.44. The first-order valence-corrected chi connectivity index (χ1v) is 8.72. The second-order valence-corrected chi connectivity index (χ2v) is 6.24. The number of benzene rings is 2. The molecule has 24 heavy (non-hydrogen) atoms. The molecule has 0 aromatic heterocycles. The third-order valence-electron chi connectivity index (χ3n) is 3.75. The lowest BCUT2D eigenvalue weighted by atomic mass is 10.1. The van der Waals surface area contributed by atoms with Crippen molar-refractivity contribution in [2.75, 3.05) is 13.2 Å². The number of nitrogens with one attached hydrogen (secondary N) is 1. The molecule has 0 aliphatic carbocycles. The van der Waals surface area contributed by atoms with Crippen molar-refractivity contribution >= 4 is 17.5 Å². The van der Waals surface area contributed by atoms with Crippen LogP contribution in [0.2, 0.25) is 5.02 Å². The maximum atomic E-state index is 11.8. The lowest BCUT2D eigenvalue weighted by molar-refractivity contribution is -0.121. The second kappa shape index (κ2) is 9.99. The first-order chi connectivity index (χ1) is 11.6. The molecule has 0 bridgehead atoms. The molecule has 0 radical (unpaired) electrons. The molecular weight excluding hydrogens is 322 g/mol. The highest BCUT2D eigenvalue weighted by Gasteiger charge is 2.03. The standard InChI is InChI=1S/C20H24ClNO2/c1-16-15-18(21)11-12-19(16)24-14-6-10-20(23)22-13-5-9-17-7-3-2-4-8-17/h2-4,7-8,11-12,15H,5-6,9-10,13-14H2,1H3,(H,22,23). The van der Waals surface area contributed by atoms with Gasteiger partial charge in [0.25, 0.3) is 0 Å². The monoisotopic (exact) mass is 345 g/mol. The zero-order valence-electron chi connectivity index (χ0n) is 14.1. The molecule has 3 nitrogen and oxygen atoms in total. The highest BCUT2D eigenvalue weighted by Crippen LogP contribution is 2.21. The van der Waals surface area contributed by atoms with E-state index in [9.17, 15) is 4.79 Å². The molecule has 0 saturated heterocycles. The Morgan fingerprint density at radius 1 is 1.12 bits per heavy atom. The summed E-state index contributed by atoms with van der Waals surface area (Å²) < 4.78 is 5.69. The third kappa shape index (κ3) is 6.63. The first-order valence-electron chi connectivity index (χ1n) is 8.35. The Balaban J connectivity index is 1.55. The molecule has 1 amide bonds. The molecule has 0 spiro atoms. The zero-order valence-corrected chi connectivity index (χ0v) is 14.8. The Kier molecular flexibility index (Phi) is 7.63. The number of hydrogen-bond donors (Lipinski definition) is 1. The van der Waals surface area contributed by atoms with E-state index in [1.165, 1.54) is 5.56 Å². The van der Waals surface area contributed by atoms with Gasteiger partial charge in [0.2, 0.25) is 5.91 Å². The van der Waals surface area contributed by atoms with Crippen molar-refractivity contribution in [1.29, 1.82) is 0 Å². The second-order valence-electron chi connectivity index (χ2n) is 5.80. The lowest BCUT2D eigenvalue weighted by Crippen LogP contribution is -2.24. The quantitative estimate of drug-likeness (QED) is 0.677. The molecule has 2 aromatic carbocycles. The lowest BCUT2D eigenvalue weighted by Gasteiger charge is -2.09. The zero-order chi connectivity index (χ0) is 17.2. The van der Waals surface area contributed by atoms with Crippen LogP contribution in [0.1, 0.15) is 30.4 Å². The van der Waals surface area contributed by atoms with Crippen LogP contribution in [0.25, 0.3) is 0 Å². The first kappa shape index (κ1) is 18.3. The van der Waals surface area contributed by atoms with Gasteiger partial charge in [0.15, 0.2) is 0 Å². The summed E-state index contributed by atoms with van der Waals surface area (Å²) >= 11 is 5.91. The molecule has 2 aromatic rings. The van der Waals surface area contributed by atoms with Crippen LogP contribution in [-0.4, -0.2) is 19.1 Å². The van der Waals surface area contributed by atoms with Crippen LogP contribution in [-0.2, 0) is 11.2 Å². The van der Waals surface area contributed by atoms with E-state index < -0.39 is 0 Å². The molecule has 1 N–H and O–H groups in total. The van der Waals surface area contributed by atoms with Crippen LogP contribution in [0, 0.1) is 6.92 Å². The topological polar surface area (TPSA) is 38.3 Å². The van der Waals surface area contributed by atoms with Crippen molar-refractivity contribution in [3.63, 3.8) is 0 Å². The Bertz CT molecular complexity index is 643. The van der Waals surface area contributed by atoms with Crippen molar-refractivity contribution in [3.05, 3.63) is 64.7 Å². The number of carbonyl (C=O) groups is 1. The molecule has 0 aliphatic heterocycles. The summed E-state index contributed by atoms with van der Waals surface area (Å²) in [5.74, 6) is 0.905.